The number of carbonyl (C=O) groups excluding carboxylic acids is 1. The fourth-order valence-corrected chi connectivity index (χ4v) is 5.94. The molecule has 5 rings (SSSR count). The third-order valence-corrected chi connectivity index (χ3v) is 8.08. The molecule has 0 bridgehead atoms. The Morgan fingerprint density at radius 1 is 1.06 bits per heavy atom. The smallest absolute Gasteiger partial charge is 0.253 e. The van der Waals surface area contributed by atoms with E-state index in [0.29, 0.717) is 11.3 Å². The first-order chi connectivity index (χ1) is 17.3. The Morgan fingerprint density at radius 3 is 2.56 bits per heavy atom. The number of pyridine rings is 1. The van der Waals surface area contributed by atoms with Gasteiger partial charge in [-0.05, 0) is 67.5 Å². The second-order valence-electron chi connectivity index (χ2n) is 9.56. The van der Waals surface area contributed by atoms with E-state index in [0.717, 1.165) is 65.2 Å². The van der Waals surface area contributed by atoms with Gasteiger partial charge < -0.3 is 19.1 Å². The lowest BCUT2D eigenvalue weighted by Gasteiger charge is -2.38. The molecular weight excluding hydrogens is 472 g/mol. The van der Waals surface area contributed by atoms with E-state index in [9.17, 15) is 9.59 Å². The van der Waals surface area contributed by atoms with Crippen LogP contribution in [0.3, 0.4) is 0 Å². The average Bonchev–Trinajstić information content (AvgIpc) is 3.40. The van der Waals surface area contributed by atoms with E-state index < -0.39 is 0 Å². The van der Waals surface area contributed by atoms with E-state index in [1.807, 2.05) is 26.1 Å². The van der Waals surface area contributed by atoms with E-state index in [1.54, 1.807) is 11.7 Å². The first-order valence-electron chi connectivity index (χ1n) is 12.3. The number of amides is 1. The van der Waals surface area contributed by atoms with Gasteiger partial charge in [-0.15, -0.1) is 0 Å². The summed E-state index contributed by atoms with van der Waals surface area (Å²) in [6.45, 7) is 5.03. The summed E-state index contributed by atoms with van der Waals surface area (Å²) in [5, 5.41) is 1.00. The lowest BCUT2D eigenvalue weighted by Crippen LogP contribution is -2.37. The first-order valence-corrected chi connectivity index (χ1v) is 13.1. The third-order valence-electron chi connectivity index (χ3n) is 7.13. The molecule has 1 aromatic heterocycles. The third kappa shape index (κ3) is 4.23. The molecule has 0 atom stereocenters. The van der Waals surface area contributed by atoms with E-state index in [2.05, 4.69) is 45.8 Å². The van der Waals surface area contributed by atoms with Gasteiger partial charge in [-0.25, -0.2) is 0 Å². The molecule has 1 amide bonds. The SMILES string of the molecule is COc1cc(N2CCN(C)c3cc(C4=CCCC4)c(SNC(C)=O)cc32)c2cc(C)c(=O)n(C)c2c1. The Morgan fingerprint density at radius 2 is 1.86 bits per heavy atom. The van der Waals surface area contributed by atoms with Crippen molar-refractivity contribution >= 4 is 51.4 Å². The van der Waals surface area contributed by atoms with Gasteiger partial charge in [-0.1, -0.05) is 6.08 Å². The maximum absolute atomic E-state index is 12.7. The normalized spacial score (nSPS) is 15.2. The summed E-state index contributed by atoms with van der Waals surface area (Å²) < 4.78 is 10.3. The lowest BCUT2D eigenvalue weighted by molar-refractivity contribution is -0.117. The number of benzene rings is 2. The van der Waals surface area contributed by atoms with Gasteiger partial charge in [0.15, 0.2) is 0 Å². The van der Waals surface area contributed by atoms with Crippen molar-refractivity contribution in [2.24, 2.45) is 7.05 Å². The summed E-state index contributed by atoms with van der Waals surface area (Å²) in [5.74, 6) is 0.630. The van der Waals surface area contributed by atoms with Crippen molar-refractivity contribution in [3.05, 3.63) is 57.9 Å². The molecule has 0 unspecified atom stereocenters. The number of ether oxygens (including phenoxy) is 1. The van der Waals surface area contributed by atoms with E-state index in [-0.39, 0.29) is 11.5 Å². The van der Waals surface area contributed by atoms with Crippen molar-refractivity contribution in [1.29, 1.82) is 0 Å². The van der Waals surface area contributed by atoms with Crippen LogP contribution in [0.5, 0.6) is 5.75 Å². The molecule has 1 aliphatic heterocycles. The molecule has 1 N–H and O–H groups in total. The zero-order valence-corrected chi connectivity index (χ0v) is 22.3. The molecule has 3 aromatic rings. The molecule has 8 heteroatoms. The van der Waals surface area contributed by atoms with Crippen molar-refractivity contribution in [1.82, 2.24) is 9.29 Å². The van der Waals surface area contributed by atoms with Crippen molar-refractivity contribution in [2.45, 2.75) is 38.0 Å². The second-order valence-corrected chi connectivity index (χ2v) is 10.4. The Hall–Kier alpha value is -3.39. The first kappa shape index (κ1) is 24.3. The van der Waals surface area contributed by atoms with Crippen LogP contribution < -0.4 is 24.8 Å². The summed E-state index contributed by atoms with van der Waals surface area (Å²) in [4.78, 5) is 30.1. The zero-order chi connectivity index (χ0) is 25.6. The quantitative estimate of drug-likeness (QED) is 0.485. The number of aromatic nitrogens is 1. The van der Waals surface area contributed by atoms with Gasteiger partial charge in [0.2, 0.25) is 5.91 Å². The summed E-state index contributed by atoms with van der Waals surface area (Å²) in [6.07, 6.45) is 5.62. The predicted molar refractivity (Wildman–Crippen MR) is 149 cm³/mol. The average molecular weight is 505 g/mol. The number of anilines is 3. The number of methoxy groups -OCH3 is 1. The van der Waals surface area contributed by atoms with Crippen LogP contribution in [-0.4, -0.2) is 37.7 Å². The molecule has 36 heavy (non-hydrogen) atoms. The highest BCUT2D eigenvalue weighted by Crippen LogP contribution is 2.46. The van der Waals surface area contributed by atoms with Gasteiger partial charge in [-0.3, -0.25) is 14.3 Å². The van der Waals surface area contributed by atoms with Crippen LogP contribution in [0.2, 0.25) is 0 Å². The largest absolute Gasteiger partial charge is 0.497 e. The monoisotopic (exact) mass is 504 g/mol. The van der Waals surface area contributed by atoms with Crippen LogP contribution in [0, 0.1) is 6.92 Å². The molecule has 0 fully saturated rings. The number of rotatable bonds is 5. The number of aryl methyl sites for hydroxylation is 2. The number of fused-ring (bicyclic) bond motifs is 2. The topological polar surface area (TPSA) is 66.8 Å². The van der Waals surface area contributed by atoms with Gasteiger partial charge in [0.05, 0.1) is 29.7 Å². The zero-order valence-electron chi connectivity index (χ0n) is 21.5. The lowest BCUT2D eigenvalue weighted by atomic mass is 10.0. The molecule has 2 aromatic carbocycles. The van der Waals surface area contributed by atoms with Crippen molar-refractivity contribution in [3.8, 4) is 5.75 Å². The molecule has 0 radical (unpaired) electrons. The van der Waals surface area contributed by atoms with Crippen LogP contribution in [0.4, 0.5) is 17.1 Å². The minimum absolute atomic E-state index is 0.0102. The Balaban J connectivity index is 1.74. The highest BCUT2D eigenvalue weighted by molar-refractivity contribution is 7.98. The van der Waals surface area contributed by atoms with Crippen molar-refractivity contribution in [3.63, 3.8) is 0 Å². The van der Waals surface area contributed by atoms with E-state index >= 15 is 0 Å². The van der Waals surface area contributed by atoms with Crippen LogP contribution in [0.1, 0.15) is 37.3 Å². The Kier molecular flexibility index (Phi) is 6.47. The number of likely N-dealkylation sites (N-methyl/N-ethyl adjacent to an activating group) is 1. The summed E-state index contributed by atoms with van der Waals surface area (Å²) in [7, 11) is 5.59. The predicted octanol–water partition coefficient (Wildman–Crippen LogP) is 5.15. The van der Waals surface area contributed by atoms with Gasteiger partial charge in [-0.2, -0.15) is 0 Å². The fraction of sp³-hybridized carbons (Fsp3) is 0.357. The van der Waals surface area contributed by atoms with Gasteiger partial charge in [0.25, 0.3) is 5.56 Å². The second kappa shape index (κ2) is 9.58. The van der Waals surface area contributed by atoms with Crippen LogP contribution >= 0.6 is 11.9 Å². The fourth-order valence-electron chi connectivity index (χ4n) is 5.22. The maximum Gasteiger partial charge on any atom is 0.253 e. The number of carbonyl (C=O) groups is 1. The van der Waals surface area contributed by atoms with Crippen molar-refractivity contribution < 1.29 is 9.53 Å². The molecule has 2 aliphatic rings. The number of hydrogen-bond acceptors (Lipinski definition) is 6. The van der Waals surface area contributed by atoms with E-state index in [4.69, 9.17) is 4.74 Å². The van der Waals surface area contributed by atoms with Crippen LogP contribution in [0.15, 0.2) is 46.1 Å². The number of nitrogens with zero attached hydrogens (tertiary/aromatic N) is 3. The molecule has 188 valence electrons. The minimum atomic E-state index is -0.0757. The van der Waals surface area contributed by atoms with Crippen LogP contribution in [0.25, 0.3) is 16.5 Å². The minimum Gasteiger partial charge on any atom is -0.497 e. The molecule has 0 saturated carbocycles. The number of allylic oxidation sites excluding steroid dienone is 2. The van der Waals surface area contributed by atoms with Gasteiger partial charge in [0.1, 0.15) is 5.75 Å². The maximum atomic E-state index is 12.7. The van der Waals surface area contributed by atoms with Crippen molar-refractivity contribution in [2.75, 3.05) is 37.0 Å². The van der Waals surface area contributed by atoms with Gasteiger partial charge in [0, 0.05) is 62.1 Å². The Bertz CT molecular complexity index is 1460. The highest BCUT2D eigenvalue weighted by Gasteiger charge is 2.27. The highest BCUT2D eigenvalue weighted by atomic mass is 32.2. The summed E-state index contributed by atoms with van der Waals surface area (Å²) >= 11 is 1.38. The molecule has 7 nitrogen and oxygen atoms in total. The van der Waals surface area contributed by atoms with Crippen LogP contribution in [-0.2, 0) is 11.8 Å². The Labute approximate surface area is 215 Å². The molecule has 2 heterocycles. The number of hydrogen-bond donors (Lipinski definition) is 1. The molecule has 1 aliphatic carbocycles. The number of nitrogens with one attached hydrogen (secondary N) is 1. The molecule has 0 saturated heterocycles. The molecule has 0 spiro atoms. The summed E-state index contributed by atoms with van der Waals surface area (Å²) in [6, 6.07) is 10.4. The van der Waals surface area contributed by atoms with Gasteiger partial charge >= 0.3 is 0 Å². The van der Waals surface area contributed by atoms with E-state index in [1.165, 1.54) is 30.0 Å². The standard InChI is InChI=1S/C28H32N4O3S/c1-17-12-22-23(31(4)28(17)34)13-20(35-5)14-24(22)32-11-10-30(3)25-15-21(19-8-6-7-9-19)27(16-26(25)32)36-29-18(2)33/h8,12-16H,6-7,9-11H2,1-5H3,(H,29,33). The molecular formula is C28H32N4O3S. The summed E-state index contributed by atoms with van der Waals surface area (Å²) in [5.41, 5.74) is 7.27.